The Balaban J connectivity index is 1.63. The topological polar surface area (TPSA) is 45.1 Å². The van der Waals surface area contributed by atoms with Crippen LogP contribution in [0.4, 0.5) is 0 Å². The Bertz CT molecular complexity index is 788. The number of nitrogens with one attached hydrogen (secondary N) is 1. The number of aromatic nitrogens is 1. The van der Waals surface area contributed by atoms with E-state index in [1.54, 1.807) is 0 Å². The second-order valence-corrected chi connectivity index (χ2v) is 6.74. The van der Waals surface area contributed by atoms with Gasteiger partial charge in [0.25, 0.3) is 0 Å². The fourth-order valence-electron chi connectivity index (χ4n) is 3.24. The molecule has 3 rings (SSSR count). The molecule has 2 aromatic carbocycles. The van der Waals surface area contributed by atoms with E-state index in [0.717, 1.165) is 30.8 Å². The molecule has 3 nitrogen and oxygen atoms in total. The molecule has 2 unspecified atom stereocenters. The summed E-state index contributed by atoms with van der Waals surface area (Å²) in [6.45, 7) is 3.48. The number of aliphatic hydroxyl groups excluding tert-OH is 1. The number of rotatable bonds is 8. The Morgan fingerprint density at radius 1 is 0.962 bits per heavy atom. The zero-order valence-electron chi connectivity index (χ0n) is 15.2. The van der Waals surface area contributed by atoms with Crippen LogP contribution in [0.1, 0.15) is 30.4 Å². The SMILES string of the molecule is CC(O)CC(CNCc1cccc(-c2ccccn2)c1)c1ccccc1. The molecule has 0 aliphatic heterocycles. The molecule has 0 aliphatic carbocycles. The van der Waals surface area contributed by atoms with Gasteiger partial charge < -0.3 is 10.4 Å². The van der Waals surface area contributed by atoms with Crippen LogP contribution in [-0.2, 0) is 6.54 Å². The highest BCUT2D eigenvalue weighted by Crippen LogP contribution is 2.21. The minimum Gasteiger partial charge on any atom is -0.393 e. The van der Waals surface area contributed by atoms with Gasteiger partial charge in [0.2, 0.25) is 0 Å². The molecule has 2 N–H and O–H groups in total. The van der Waals surface area contributed by atoms with Crippen LogP contribution in [0.15, 0.2) is 79.0 Å². The van der Waals surface area contributed by atoms with Crippen LogP contribution in [-0.4, -0.2) is 22.7 Å². The Morgan fingerprint density at radius 2 is 1.77 bits per heavy atom. The maximum Gasteiger partial charge on any atom is 0.0702 e. The molecule has 26 heavy (non-hydrogen) atoms. The first-order valence-corrected chi connectivity index (χ1v) is 9.16. The summed E-state index contributed by atoms with van der Waals surface area (Å²) in [6.07, 6.45) is 2.26. The summed E-state index contributed by atoms with van der Waals surface area (Å²) in [6, 6.07) is 24.9. The fourth-order valence-corrected chi connectivity index (χ4v) is 3.24. The van der Waals surface area contributed by atoms with Gasteiger partial charge in [-0.3, -0.25) is 4.98 Å². The zero-order chi connectivity index (χ0) is 18.2. The molecule has 0 saturated carbocycles. The molecule has 0 fully saturated rings. The first-order chi connectivity index (χ1) is 12.7. The highest BCUT2D eigenvalue weighted by atomic mass is 16.3. The molecule has 134 valence electrons. The van der Waals surface area contributed by atoms with Crippen molar-refractivity contribution in [3.8, 4) is 11.3 Å². The van der Waals surface area contributed by atoms with Crippen LogP contribution in [0, 0.1) is 0 Å². The van der Waals surface area contributed by atoms with E-state index in [1.807, 2.05) is 37.4 Å². The lowest BCUT2D eigenvalue weighted by atomic mass is 9.93. The van der Waals surface area contributed by atoms with Crippen molar-refractivity contribution in [3.63, 3.8) is 0 Å². The van der Waals surface area contributed by atoms with Crippen molar-refractivity contribution in [2.45, 2.75) is 31.9 Å². The van der Waals surface area contributed by atoms with E-state index in [0.29, 0.717) is 5.92 Å². The van der Waals surface area contributed by atoms with Crippen molar-refractivity contribution in [1.82, 2.24) is 10.3 Å². The summed E-state index contributed by atoms with van der Waals surface area (Å²) >= 11 is 0. The van der Waals surface area contributed by atoms with Crippen molar-refractivity contribution in [1.29, 1.82) is 0 Å². The van der Waals surface area contributed by atoms with Crippen molar-refractivity contribution >= 4 is 0 Å². The predicted molar refractivity (Wildman–Crippen MR) is 107 cm³/mol. The standard InChI is InChI=1S/C23H26N2O/c1-18(26)14-22(20-9-3-2-4-10-20)17-24-16-19-8-7-11-21(15-19)23-12-5-6-13-25-23/h2-13,15,18,22,24,26H,14,16-17H2,1H3. The number of aliphatic hydroxyl groups is 1. The Kier molecular flexibility index (Phi) is 6.53. The monoisotopic (exact) mass is 346 g/mol. The molecule has 3 aromatic rings. The first-order valence-electron chi connectivity index (χ1n) is 9.16. The van der Waals surface area contributed by atoms with Crippen LogP contribution in [0.5, 0.6) is 0 Å². The van der Waals surface area contributed by atoms with Gasteiger partial charge in [0, 0.05) is 24.8 Å². The lowest BCUT2D eigenvalue weighted by Crippen LogP contribution is -2.23. The summed E-state index contributed by atoms with van der Waals surface area (Å²) in [5.41, 5.74) is 4.62. The molecular weight excluding hydrogens is 320 g/mol. The van der Waals surface area contributed by atoms with Crippen molar-refractivity contribution in [2.24, 2.45) is 0 Å². The van der Waals surface area contributed by atoms with E-state index in [-0.39, 0.29) is 6.10 Å². The van der Waals surface area contributed by atoms with Gasteiger partial charge in [0.05, 0.1) is 11.8 Å². The number of pyridine rings is 1. The highest BCUT2D eigenvalue weighted by molar-refractivity contribution is 5.59. The average molecular weight is 346 g/mol. The summed E-state index contributed by atoms with van der Waals surface area (Å²) in [4.78, 5) is 4.42. The zero-order valence-corrected chi connectivity index (χ0v) is 15.2. The van der Waals surface area contributed by atoms with E-state index < -0.39 is 0 Å². The van der Waals surface area contributed by atoms with Crippen molar-refractivity contribution in [2.75, 3.05) is 6.54 Å². The van der Waals surface area contributed by atoms with E-state index in [2.05, 4.69) is 58.8 Å². The third-order valence-electron chi connectivity index (χ3n) is 4.50. The predicted octanol–water partition coefficient (Wildman–Crippen LogP) is 4.39. The van der Waals surface area contributed by atoms with Crippen LogP contribution in [0.25, 0.3) is 11.3 Å². The smallest absolute Gasteiger partial charge is 0.0702 e. The molecule has 0 bridgehead atoms. The highest BCUT2D eigenvalue weighted by Gasteiger charge is 2.13. The molecule has 0 aliphatic rings. The number of nitrogens with zero attached hydrogens (tertiary/aromatic N) is 1. The van der Waals surface area contributed by atoms with E-state index >= 15 is 0 Å². The summed E-state index contributed by atoms with van der Waals surface area (Å²) in [5, 5.41) is 13.4. The van der Waals surface area contributed by atoms with Crippen molar-refractivity contribution in [3.05, 3.63) is 90.1 Å². The molecule has 3 heteroatoms. The number of hydrogen-bond donors (Lipinski definition) is 2. The number of hydrogen-bond acceptors (Lipinski definition) is 3. The van der Waals surface area contributed by atoms with Gasteiger partial charge in [-0.2, -0.15) is 0 Å². The maximum absolute atomic E-state index is 9.83. The molecule has 1 aromatic heterocycles. The Labute approximate surface area is 155 Å². The normalized spacial score (nSPS) is 13.3. The molecule has 0 spiro atoms. The van der Waals surface area contributed by atoms with Gasteiger partial charge in [-0.1, -0.05) is 54.6 Å². The maximum atomic E-state index is 9.83. The van der Waals surface area contributed by atoms with Gasteiger partial charge in [0.1, 0.15) is 0 Å². The van der Waals surface area contributed by atoms with Gasteiger partial charge in [-0.15, -0.1) is 0 Å². The second-order valence-electron chi connectivity index (χ2n) is 6.74. The van der Waals surface area contributed by atoms with Gasteiger partial charge in [-0.25, -0.2) is 0 Å². The quantitative estimate of drug-likeness (QED) is 0.636. The molecular formula is C23H26N2O. The largest absolute Gasteiger partial charge is 0.393 e. The van der Waals surface area contributed by atoms with Gasteiger partial charge >= 0.3 is 0 Å². The van der Waals surface area contributed by atoms with Crippen molar-refractivity contribution < 1.29 is 5.11 Å². The Hall–Kier alpha value is -2.49. The molecule has 1 heterocycles. The molecule has 0 radical (unpaired) electrons. The van der Waals surface area contributed by atoms with Crippen LogP contribution in [0.3, 0.4) is 0 Å². The third kappa shape index (κ3) is 5.25. The first kappa shape index (κ1) is 18.3. The average Bonchev–Trinajstić information content (AvgIpc) is 2.68. The van der Waals surface area contributed by atoms with Gasteiger partial charge in [0.15, 0.2) is 0 Å². The minimum atomic E-state index is -0.311. The molecule has 0 amide bonds. The second kappa shape index (κ2) is 9.27. The van der Waals surface area contributed by atoms with Crippen LogP contribution in [0.2, 0.25) is 0 Å². The number of benzene rings is 2. The van der Waals surface area contributed by atoms with Crippen LogP contribution >= 0.6 is 0 Å². The van der Waals surface area contributed by atoms with E-state index in [1.165, 1.54) is 11.1 Å². The molecule has 0 saturated heterocycles. The van der Waals surface area contributed by atoms with Crippen LogP contribution < -0.4 is 5.32 Å². The summed E-state index contributed by atoms with van der Waals surface area (Å²) < 4.78 is 0. The third-order valence-corrected chi connectivity index (χ3v) is 4.50. The lowest BCUT2D eigenvalue weighted by molar-refractivity contribution is 0.173. The Morgan fingerprint density at radius 3 is 2.50 bits per heavy atom. The van der Waals surface area contributed by atoms with Gasteiger partial charge in [-0.05, 0) is 48.6 Å². The van der Waals surface area contributed by atoms with E-state index in [9.17, 15) is 5.11 Å². The summed E-state index contributed by atoms with van der Waals surface area (Å²) in [5.74, 6) is 0.301. The summed E-state index contributed by atoms with van der Waals surface area (Å²) in [7, 11) is 0. The minimum absolute atomic E-state index is 0.301. The fraction of sp³-hybridized carbons (Fsp3) is 0.261. The van der Waals surface area contributed by atoms with E-state index in [4.69, 9.17) is 0 Å². The molecule has 2 atom stereocenters. The lowest BCUT2D eigenvalue weighted by Gasteiger charge is -2.20.